The minimum absolute atomic E-state index is 0.0300. The minimum atomic E-state index is -0.767. The van der Waals surface area contributed by atoms with Crippen LogP contribution < -0.4 is 4.90 Å². The molecule has 16 heavy (non-hydrogen) atoms. The summed E-state index contributed by atoms with van der Waals surface area (Å²) in [6.07, 6.45) is 0. The van der Waals surface area contributed by atoms with Crippen LogP contribution in [-0.2, 0) is 0 Å². The van der Waals surface area contributed by atoms with E-state index in [9.17, 15) is 15.3 Å². The zero-order valence-corrected chi connectivity index (χ0v) is 7.47. The molecule has 0 saturated heterocycles. The maximum Gasteiger partial charge on any atom is 0.283 e. The first-order chi connectivity index (χ1) is 7.63. The Kier molecular flexibility index (Phi) is 2.04. The van der Waals surface area contributed by atoms with E-state index < -0.39 is 10.6 Å². The highest BCUT2D eigenvalue weighted by Crippen LogP contribution is 2.30. The van der Waals surface area contributed by atoms with Gasteiger partial charge in [-0.3, -0.25) is 14.7 Å². The number of rotatable bonds is 2. The van der Waals surface area contributed by atoms with Crippen LogP contribution in [0.2, 0.25) is 0 Å². The summed E-state index contributed by atoms with van der Waals surface area (Å²) in [6.45, 7) is 0. The second-order valence-electron chi connectivity index (χ2n) is 2.71. The molecule has 2 rings (SSSR count). The number of aromatic nitrogens is 2. The fourth-order valence-electron chi connectivity index (χ4n) is 1.17. The van der Waals surface area contributed by atoms with Crippen LogP contribution >= 0.6 is 0 Å². The lowest BCUT2D eigenvalue weighted by atomic mass is 10.2. The summed E-state index contributed by atoms with van der Waals surface area (Å²) >= 11 is 0. The number of nitrogens with zero attached hydrogens (tertiary/aromatic N) is 6. The Hall–Kier alpha value is -2.87. The first-order valence-electron chi connectivity index (χ1n) is 3.86. The Morgan fingerprint density at radius 2 is 2.38 bits per heavy atom. The first-order valence-corrected chi connectivity index (χ1v) is 3.86. The Morgan fingerprint density at radius 1 is 1.62 bits per heavy atom. The van der Waals surface area contributed by atoms with Crippen molar-refractivity contribution >= 4 is 22.4 Å². The Labute approximate surface area is 86.0 Å². The summed E-state index contributed by atoms with van der Waals surface area (Å²) in [7, 11) is 0. The quantitative estimate of drug-likeness (QED) is 0.188. The number of hydrogen-bond acceptors (Lipinski definition) is 6. The number of nitro benzene ring substituents is 1. The van der Waals surface area contributed by atoms with Crippen LogP contribution in [-0.4, -0.2) is 10.1 Å². The first kappa shape index (κ1) is 9.68. The topological polar surface area (TPSA) is 145 Å². The molecule has 0 spiro atoms. The molecule has 10 heteroatoms. The summed E-state index contributed by atoms with van der Waals surface area (Å²) in [5.74, 6) is 0. The molecule has 0 atom stereocenters. The van der Waals surface area contributed by atoms with Gasteiger partial charge in [-0.2, -0.15) is 0 Å². The summed E-state index contributed by atoms with van der Waals surface area (Å²) < 4.78 is 4.24. The van der Waals surface area contributed by atoms with Gasteiger partial charge in [0.25, 0.3) is 5.69 Å². The van der Waals surface area contributed by atoms with Gasteiger partial charge in [0.05, 0.1) is 11.0 Å². The standard InChI is InChI=1S/C6H2N6O4/c7-10-8-3-1-4-6(12(15)16-9-4)2-5(3)11(13)14/h1-2H. The average molecular weight is 222 g/mol. The monoisotopic (exact) mass is 222 g/mol. The van der Waals surface area contributed by atoms with Crippen molar-refractivity contribution in [2.45, 2.75) is 0 Å². The van der Waals surface area contributed by atoms with Crippen molar-refractivity contribution in [2.75, 3.05) is 0 Å². The van der Waals surface area contributed by atoms with Crippen LogP contribution in [0.4, 0.5) is 11.4 Å². The van der Waals surface area contributed by atoms with Crippen molar-refractivity contribution in [3.8, 4) is 0 Å². The van der Waals surface area contributed by atoms with E-state index in [1.807, 2.05) is 0 Å². The van der Waals surface area contributed by atoms with Crippen molar-refractivity contribution in [1.29, 1.82) is 0 Å². The molecule has 0 aliphatic carbocycles. The summed E-state index contributed by atoms with van der Waals surface area (Å²) in [6, 6.07) is 2.04. The molecule has 0 amide bonds. The Bertz CT molecular complexity index is 627. The summed E-state index contributed by atoms with van der Waals surface area (Å²) in [4.78, 5) is 12.3. The minimum Gasteiger partial charge on any atom is -0.359 e. The lowest BCUT2D eigenvalue weighted by molar-refractivity contribution is -0.782. The molecular formula is C6H2N6O4. The van der Waals surface area contributed by atoms with Crippen LogP contribution in [0.3, 0.4) is 0 Å². The molecule has 1 aromatic heterocycles. The van der Waals surface area contributed by atoms with Gasteiger partial charge in [-0.25, -0.2) is 0 Å². The van der Waals surface area contributed by atoms with Gasteiger partial charge >= 0.3 is 0 Å². The third-order valence-electron chi connectivity index (χ3n) is 1.83. The average Bonchev–Trinajstić information content (AvgIpc) is 2.59. The largest absolute Gasteiger partial charge is 0.359 e. The molecule has 0 N–H and O–H groups in total. The zero-order valence-electron chi connectivity index (χ0n) is 7.47. The van der Waals surface area contributed by atoms with Crippen LogP contribution in [0.5, 0.6) is 0 Å². The molecule has 0 bridgehead atoms. The normalized spacial score (nSPS) is 10.0. The number of fused-ring (bicyclic) bond motifs is 1. The fraction of sp³-hybridized carbons (Fsp3) is 0. The predicted octanol–water partition coefficient (Wildman–Crippen LogP) is 1.31. The van der Waals surface area contributed by atoms with Crippen molar-refractivity contribution in [2.24, 2.45) is 5.11 Å². The zero-order chi connectivity index (χ0) is 11.7. The molecule has 1 aromatic carbocycles. The molecule has 1 heterocycles. The third-order valence-corrected chi connectivity index (χ3v) is 1.83. The number of hydrogen-bond donors (Lipinski definition) is 0. The number of azide groups is 1. The van der Waals surface area contributed by atoms with Crippen LogP contribution in [0, 0.1) is 15.3 Å². The smallest absolute Gasteiger partial charge is 0.283 e. The predicted molar refractivity (Wildman–Crippen MR) is 48.4 cm³/mol. The van der Waals surface area contributed by atoms with Gasteiger partial charge in [-0.05, 0) is 10.4 Å². The number of benzene rings is 1. The van der Waals surface area contributed by atoms with Gasteiger partial charge in [-0.1, -0.05) is 5.11 Å². The second kappa shape index (κ2) is 3.37. The molecule has 0 unspecified atom stereocenters. The Morgan fingerprint density at radius 3 is 3.00 bits per heavy atom. The molecule has 0 aliphatic heterocycles. The second-order valence-corrected chi connectivity index (χ2v) is 2.71. The molecule has 80 valence electrons. The van der Waals surface area contributed by atoms with E-state index in [1.54, 1.807) is 0 Å². The van der Waals surface area contributed by atoms with Crippen molar-refractivity contribution in [3.05, 3.63) is 37.9 Å². The van der Waals surface area contributed by atoms with E-state index in [4.69, 9.17) is 5.53 Å². The molecular weight excluding hydrogens is 220 g/mol. The molecule has 2 aromatic rings. The highest BCUT2D eigenvalue weighted by Gasteiger charge is 2.20. The highest BCUT2D eigenvalue weighted by molar-refractivity contribution is 5.80. The van der Waals surface area contributed by atoms with E-state index in [0.717, 1.165) is 12.1 Å². The van der Waals surface area contributed by atoms with Gasteiger partial charge < -0.3 is 5.21 Å². The van der Waals surface area contributed by atoms with E-state index in [2.05, 4.69) is 19.8 Å². The molecule has 0 aliphatic rings. The molecule has 0 saturated carbocycles. The van der Waals surface area contributed by atoms with Crippen molar-refractivity contribution in [1.82, 2.24) is 5.16 Å². The fourth-order valence-corrected chi connectivity index (χ4v) is 1.17. The Balaban J connectivity index is 2.82. The molecule has 0 radical (unpaired) electrons. The van der Waals surface area contributed by atoms with E-state index in [-0.39, 0.29) is 21.6 Å². The third kappa shape index (κ3) is 1.35. The van der Waals surface area contributed by atoms with Crippen molar-refractivity contribution in [3.63, 3.8) is 0 Å². The number of nitro groups is 1. The molecule has 0 fully saturated rings. The maximum atomic E-state index is 11.0. The summed E-state index contributed by atoms with van der Waals surface area (Å²) in [5, 5.41) is 28.1. The van der Waals surface area contributed by atoms with Crippen LogP contribution in [0.25, 0.3) is 21.5 Å². The van der Waals surface area contributed by atoms with Crippen LogP contribution in [0.1, 0.15) is 0 Å². The van der Waals surface area contributed by atoms with E-state index in [1.165, 1.54) is 0 Å². The highest BCUT2D eigenvalue weighted by atomic mass is 16.8. The van der Waals surface area contributed by atoms with Gasteiger partial charge in [0.1, 0.15) is 5.69 Å². The van der Waals surface area contributed by atoms with E-state index in [0.29, 0.717) is 0 Å². The van der Waals surface area contributed by atoms with Gasteiger partial charge in [0.2, 0.25) is 11.0 Å². The SMILES string of the molecule is [N-]=[N+]=Nc1cc2no[n+]([O-])c2cc1[N+](=O)[O-]. The van der Waals surface area contributed by atoms with Crippen molar-refractivity contribution < 1.29 is 14.5 Å². The van der Waals surface area contributed by atoms with Gasteiger partial charge in [0.15, 0.2) is 0 Å². The van der Waals surface area contributed by atoms with Gasteiger partial charge in [-0.15, -0.1) is 0 Å². The summed E-state index contributed by atoms with van der Waals surface area (Å²) in [5.41, 5.74) is 7.48. The van der Waals surface area contributed by atoms with E-state index >= 15 is 0 Å². The lowest BCUT2D eigenvalue weighted by Gasteiger charge is -1.93. The lowest BCUT2D eigenvalue weighted by Crippen LogP contribution is -2.22. The molecule has 10 nitrogen and oxygen atoms in total. The maximum absolute atomic E-state index is 11.0. The van der Waals surface area contributed by atoms with Gasteiger partial charge in [0, 0.05) is 16.1 Å². The van der Waals surface area contributed by atoms with Crippen LogP contribution in [0.15, 0.2) is 21.9 Å².